The van der Waals surface area contributed by atoms with Crippen LogP contribution in [0.15, 0.2) is 24.3 Å². The Bertz CT molecular complexity index is 382. The van der Waals surface area contributed by atoms with Crippen LogP contribution in [0, 0.1) is 6.92 Å². The average molecular weight is 243 g/mol. The minimum absolute atomic E-state index is 0.129. The molecule has 1 radical (unpaired) electrons. The van der Waals surface area contributed by atoms with Crippen LogP contribution in [0.4, 0.5) is 13.2 Å². The molecule has 17 heavy (non-hydrogen) atoms. The number of halogens is 3. The summed E-state index contributed by atoms with van der Waals surface area (Å²) < 4.78 is 37.3. The Labute approximate surface area is 98.6 Å². The molecule has 1 aromatic carbocycles. The lowest BCUT2D eigenvalue weighted by atomic mass is 10.0. The second-order valence-electron chi connectivity index (χ2n) is 3.81. The number of carbonyl (C=O) groups is 1. The van der Waals surface area contributed by atoms with E-state index in [1.54, 1.807) is 0 Å². The molecular weight excluding hydrogens is 229 g/mol. The van der Waals surface area contributed by atoms with Crippen molar-refractivity contribution in [2.45, 2.75) is 31.9 Å². The number of rotatable bonds is 5. The molecule has 0 unspecified atom stereocenters. The van der Waals surface area contributed by atoms with Crippen LogP contribution in [-0.2, 0) is 6.18 Å². The highest BCUT2D eigenvalue weighted by Crippen LogP contribution is 2.29. The molecule has 0 spiro atoms. The van der Waals surface area contributed by atoms with Gasteiger partial charge in [0.25, 0.3) is 0 Å². The van der Waals surface area contributed by atoms with Crippen molar-refractivity contribution in [2.24, 2.45) is 0 Å². The van der Waals surface area contributed by atoms with Crippen LogP contribution >= 0.6 is 0 Å². The highest BCUT2D eigenvalue weighted by molar-refractivity contribution is 5.96. The third kappa shape index (κ3) is 4.21. The van der Waals surface area contributed by atoms with Crippen molar-refractivity contribution in [1.82, 2.24) is 0 Å². The van der Waals surface area contributed by atoms with Gasteiger partial charge in [0, 0.05) is 12.0 Å². The molecule has 0 aliphatic heterocycles. The summed E-state index contributed by atoms with van der Waals surface area (Å²) in [4.78, 5) is 11.6. The van der Waals surface area contributed by atoms with Gasteiger partial charge in [-0.15, -0.1) is 0 Å². The number of hydrogen-bond acceptors (Lipinski definition) is 1. The molecule has 0 saturated carbocycles. The first kappa shape index (κ1) is 13.7. The number of unbranched alkanes of at least 4 members (excludes halogenated alkanes) is 2. The number of hydrogen-bond donors (Lipinski definition) is 0. The summed E-state index contributed by atoms with van der Waals surface area (Å²) in [5.41, 5.74) is -0.649. The van der Waals surface area contributed by atoms with Crippen LogP contribution in [-0.4, -0.2) is 5.78 Å². The molecule has 93 valence electrons. The van der Waals surface area contributed by atoms with Crippen molar-refractivity contribution < 1.29 is 18.0 Å². The Balaban J connectivity index is 2.74. The van der Waals surface area contributed by atoms with Gasteiger partial charge in [-0.05, 0) is 18.6 Å². The van der Waals surface area contributed by atoms with Gasteiger partial charge in [0.05, 0.1) is 5.56 Å². The fourth-order valence-corrected chi connectivity index (χ4v) is 1.48. The largest absolute Gasteiger partial charge is 0.416 e. The average Bonchev–Trinajstić information content (AvgIpc) is 2.28. The van der Waals surface area contributed by atoms with Gasteiger partial charge in [-0.3, -0.25) is 4.79 Å². The lowest BCUT2D eigenvalue weighted by Crippen LogP contribution is -2.07. The monoisotopic (exact) mass is 243 g/mol. The van der Waals surface area contributed by atoms with E-state index < -0.39 is 11.7 Å². The Morgan fingerprint density at radius 2 is 1.94 bits per heavy atom. The first-order valence-electron chi connectivity index (χ1n) is 5.45. The van der Waals surface area contributed by atoms with Crippen molar-refractivity contribution in [3.05, 3.63) is 42.3 Å². The zero-order chi connectivity index (χ0) is 12.9. The Morgan fingerprint density at radius 3 is 2.53 bits per heavy atom. The van der Waals surface area contributed by atoms with E-state index in [0.717, 1.165) is 25.0 Å². The Morgan fingerprint density at radius 1 is 1.24 bits per heavy atom. The minimum Gasteiger partial charge on any atom is -0.294 e. The Hall–Kier alpha value is -1.32. The molecule has 0 aromatic heterocycles. The second kappa shape index (κ2) is 5.84. The molecule has 0 atom stereocenters. The normalized spacial score (nSPS) is 11.5. The third-order valence-electron chi connectivity index (χ3n) is 2.42. The molecule has 0 saturated heterocycles. The summed E-state index contributed by atoms with van der Waals surface area (Å²) in [7, 11) is 0. The molecule has 0 bridgehead atoms. The highest BCUT2D eigenvalue weighted by Gasteiger charge is 2.30. The van der Waals surface area contributed by atoms with Crippen molar-refractivity contribution in [2.75, 3.05) is 0 Å². The summed E-state index contributed by atoms with van der Waals surface area (Å²) in [5.74, 6) is -0.246. The zero-order valence-corrected chi connectivity index (χ0v) is 9.39. The third-order valence-corrected chi connectivity index (χ3v) is 2.42. The van der Waals surface area contributed by atoms with Crippen LogP contribution in [0.1, 0.15) is 41.6 Å². The van der Waals surface area contributed by atoms with E-state index in [0.29, 0.717) is 6.42 Å². The number of ketones is 1. The topological polar surface area (TPSA) is 17.1 Å². The van der Waals surface area contributed by atoms with Crippen molar-refractivity contribution in [3.8, 4) is 0 Å². The number of carbonyl (C=O) groups excluding carboxylic acids is 1. The van der Waals surface area contributed by atoms with Gasteiger partial charge in [0.2, 0.25) is 0 Å². The van der Waals surface area contributed by atoms with Gasteiger partial charge >= 0.3 is 6.18 Å². The van der Waals surface area contributed by atoms with E-state index in [4.69, 9.17) is 0 Å². The van der Waals surface area contributed by atoms with Crippen molar-refractivity contribution in [1.29, 1.82) is 0 Å². The van der Waals surface area contributed by atoms with E-state index in [1.807, 2.05) is 0 Å². The standard InChI is InChI=1S/C13H14F3O/c1-2-3-4-8-12(17)10-6-5-7-11(9-10)13(14,15)16/h5-7,9H,1-4,8H2. The lowest BCUT2D eigenvalue weighted by Gasteiger charge is -2.08. The molecule has 1 nitrogen and oxygen atoms in total. The molecule has 1 aromatic rings. The van der Waals surface area contributed by atoms with Gasteiger partial charge in [-0.25, -0.2) is 0 Å². The number of Topliss-reactive ketones (excluding diaryl/α,β-unsaturated/α-hetero) is 1. The van der Waals surface area contributed by atoms with Gasteiger partial charge in [0.15, 0.2) is 5.78 Å². The Kier molecular flexibility index (Phi) is 4.73. The summed E-state index contributed by atoms with van der Waals surface area (Å²) in [6.07, 6.45) is -1.92. The summed E-state index contributed by atoms with van der Waals surface area (Å²) in [5, 5.41) is 0. The van der Waals surface area contributed by atoms with E-state index in [1.165, 1.54) is 12.1 Å². The minimum atomic E-state index is -4.40. The summed E-state index contributed by atoms with van der Waals surface area (Å²) in [6, 6.07) is 4.55. The molecule has 0 heterocycles. The summed E-state index contributed by atoms with van der Waals surface area (Å²) in [6.45, 7) is 3.64. The maximum Gasteiger partial charge on any atom is 0.416 e. The van der Waals surface area contributed by atoms with Crippen LogP contribution in [0.2, 0.25) is 0 Å². The van der Waals surface area contributed by atoms with E-state index >= 15 is 0 Å². The molecule has 0 amide bonds. The molecule has 0 aliphatic rings. The maximum absolute atomic E-state index is 12.4. The quantitative estimate of drug-likeness (QED) is 0.557. The second-order valence-corrected chi connectivity index (χ2v) is 3.81. The molecular formula is C13H14F3O. The van der Waals surface area contributed by atoms with Crippen LogP contribution in [0.5, 0.6) is 0 Å². The fraction of sp³-hybridized carbons (Fsp3) is 0.385. The lowest BCUT2D eigenvalue weighted by molar-refractivity contribution is -0.137. The van der Waals surface area contributed by atoms with Crippen LogP contribution in [0.25, 0.3) is 0 Å². The van der Waals surface area contributed by atoms with Crippen LogP contribution < -0.4 is 0 Å². The van der Waals surface area contributed by atoms with Gasteiger partial charge in [0.1, 0.15) is 0 Å². The molecule has 0 aliphatic carbocycles. The zero-order valence-electron chi connectivity index (χ0n) is 9.39. The van der Waals surface area contributed by atoms with E-state index in [9.17, 15) is 18.0 Å². The predicted molar refractivity (Wildman–Crippen MR) is 59.6 cm³/mol. The van der Waals surface area contributed by atoms with Crippen molar-refractivity contribution in [3.63, 3.8) is 0 Å². The van der Waals surface area contributed by atoms with E-state index in [2.05, 4.69) is 6.92 Å². The fourth-order valence-electron chi connectivity index (χ4n) is 1.48. The van der Waals surface area contributed by atoms with Crippen molar-refractivity contribution >= 4 is 5.78 Å². The highest BCUT2D eigenvalue weighted by atomic mass is 19.4. The number of benzene rings is 1. The maximum atomic E-state index is 12.4. The van der Waals surface area contributed by atoms with Crippen LogP contribution in [0.3, 0.4) is 0 Å². The summed E-state index contributed by atoms with van der Waals surface area (Å²) >= 11 is 0. The first-order valence-corrected chi connectivity index (χ1v) is 5.45. The van der Waals surface area contributed by atoms with Gasteiger partial charge in [-0.1, -0.05) is 31.9 Å². The van der Waals surface area contributed by atoms with E-state index in [-0.39, 0.29) is 17.8 Å². The molecule has 1 rings (SSSR count). The predicted octanol–water partition coefficient (Wildman–Crippen LogP) is 4.28. The molecule has 4 heteroatoms. The van der Waals surface area contributed by atoms with Gasteiger partial charge < -0.3 is 0 Å². The van der Waals surface area contributed by atoms with Gasteiger partial charge in [-0.2, -0.15) is 13.2 Å². The first-order chi connectivity index (χ1) is 7.95. The SMILES string of the molecule is [CH2]CCCCC(=O)c1cccc(C(F)(F)F)c1. The number of alkyl halides is 3. The smallest absolute Gasteiger partial charge is 0.294 e. The molecule has 0 fully saturated rings. The molecule has 0 N–H and O–H groups in total.